The topological polar surface area (TPSA) is 46.2 Å². The van der Waals surface area contributed by atoms with Gasteiger partial charge in [-0.05, 0) is 29.7 Å². The normalized spacial score (nSPS) is 14.2. The standard InChI is InChI=1S/C14H14F3NO2/c15-14(16,17)5-1-2-13(20)18-11-4-3-9-7-12(19)8-10(9)6-11/h3-4,6H,1-2,5,7-8H2,(H,18,20). The van der Waals surface area contributed by atoms with E-state index in [4.69, 9.17) is 0 Å². The zero-order chi connectivity index (χ0) is 14.8. The van der Waals surface area contributed by atoms with Gasteiger partial charge in [-0.1, -0.05) is 6.07 Å². The summed E-state index contributed by atoms with van der Waals surface area (Å²) < 4.78 is 35.9. The molecule has 0 unspecified atom stereocenters. The maximum Gasteiger partial charge on any atom is 0.389 e. The van der Waals surface area contributed by atoms with E-state index in [2.05, 4.69) is 5.32 Å². The molecule has 108 valence electrons. The molecule has 1 aliphatic carbocycles. The molecule has 0 radical (unpaired) electrons. The number of ketones is 1. The quantitative estimate of drug-likeness (QED) is 0.924. The third-order valence-electron chi connectivity index (χ3n) is 3.13. The van der Waals surface area contributed by atoms with Crippen LogP contribution in [0, 0.1) is 0 Å². The molecule has 0 fully saturated rings. The van der Waals surface area contributed by atoms with Crippen LogP contribution >= 0.6 is 0 Å². The van der Waals surface area contributed by atoms with Gasteiger partial charge in [0.05, 0.1) is 0 Å². The fraction of sp³-hybridized carbons (Fsp3) is 0.429. The molecule has 0 spiro atoms. The highest BCUT2D eigenvalue weighted by Gasteiger charge is 2.26. The number of nitrogens with one attached hydrogen (secondary N) is 1. The Morgan fingerprint density at radius 2 is 1.90 bits per heavy atom. The van der Waals surface area contributed by atoms with Gasteiger partial charge >= 0.3 is 6.18 Å². The Bertz CT molecular complexity index is 538. The maximum atomic E-state index is 12.0. The average Bonchev–Trinajstić information content (AvgIpc) is 2.66. The van der Waals surface area contributed by atoms with Crippen LogP contribution in [0.4, 0.5) is 18.9 Å². The molecule has 0 aromatic heterocycles. The zero-order valence-electron chi connectivity index (χ0n) is 10.7. The number of fused-ring (bicyclic) bond motifs is 1. The Labute approximate surface area is 114 Å². The summed E-state index contributed by atoms with van der Waals surface area (Å²) in [6, 6.07) is 5.15. The maximum absolute atomic E-state index is 12.0. The van der Waals surface area contributed by atoms with Crippen LogP contribution in [0.15, 0.2) is 18.2 Å². The SMILES string of the molecule is O=C1Cc2ccc(NC(=O)CCCC(F)(F)F)cc2C1. The third-order valence-corrected chi connectivity index (χ3v) is 3.13. The molecule has 0 saturated heterocycles. The molecule has 0 heterocycles. The number of hydrogen-bond donors (Lipinski definition) is 1. The van der Waals surface area contributed by atoms with Crippen molar-refractivity contribution in [2.45, 2.75) is 38.3 Å². The predicted octanol–water partition coefficient (Wildman–Crippen LogP) is 3.03. The third kappa shape index (κ3) is 4.08. The number of amides is 1. The highest BCUT2D eigenvalue weighted by Crippen LogP contribution is 2.24. The van der Waals surface area contributed by atoms with Crippen molar-refractivity contribution in [1.82, 2.24) is 0 Å². The summed E-state index contributed by atoms with van der Waals surface area (Å²) in [4.78, 5) is 22.8. The van der Waals surface area contributed by atoms with Gasteiger partial charge < -0.3 is 5.32 Å². The molecule has 0 atom stereocenters. The van der Waals surface area contributed by atoms with Gasteiger partial charge in [0.2, 0.25) is 5.91 Å². The van der Waals surface area contributed by atoms with E-state index in [1.165, 1.54) is 0 Å². The van der Waals surface area contributed by atoms with Crippen molar-refractivity contribution in [3.05, 3.63) is 29.3 Å². The van der Waals surface area contributed by atoms with E-state index in [9.17, 15) is 22.8 Å². The molecule has 0 aliphatic heterocycles. The van der Waals surface area contributed by atoms with Crippen LogP contribution in [0.5, 0.6) is 0 Å². The number of carbonyl (C=O) groups is 2. The number of hydrogen-bond acceptors (Lipinski definition) is 2. The first-order valence-corrected chi connectivity index (χ1v) is 6.33. The lowest BCUT2D eigenvalue weighted by Gasteiger charge is -2.08. The Morgan fingerprint density at radius 3 is 2.60 bits per heavy atom. The molecule has 1 aromatic rings. The van der Waals surface area contributed by atoms with Crippen molar-refractivity contribution >= 4 is 17.4 Å². The Morgan fingerprint density at radius 1 is 1.20 bits per heavy atom. The summed E-state index contributed by atoms with van der Waals surface area (Å²) in [5.74, 6) is -0.313. The van der Waals surface area contributed by atoms with Crippen molar-refractivity contribution in [2.75, 3.05) is 5.32 Å². The van der Waals surface area contributed by atoms with Crippen molar-refractivity contribution in [3.8, 4) is 0 Å². The van der Waals surface area contributed by atoms with Crippen LogP contribution in [0.2, 0.25) is 0 Å². The number of benzene rings is 1. The second-order valence-corrected chi connectivity index (χ2v) is 4.89. The summed E-state index contributed by atoms with van der Waals surface area (Å²) >= 11 is 0. The summed E-state index contributed by atoms with van der Waals surface area (Å²) in [5, 5.41) is 2.56. The first kappa shape index (κ1) is 14.6. The number of Topliss-reactive ketones (excluding diaryl/α,β-unsaturated/α-hetero) is 1. The van der Waals surface area contributed by atoms with Crippen LogP contribution < -0.4 is 5.32 Å². The fourth-order valence-electron chi connectivity index (χ4n) is 2.20. The molecule has 0 bridgehead atoms. The summed E-state index contributed by atoms with van der Waals surface area (Å²) in [5.41, 5.74) is 2.35. The Balaban J connectivity index is 1.86. The van der Waals surface area contributed by atoms with Crippen LogP contribution in [-0.2, 0) is 22.4 Å². The van der Waals surface area contributed by atoms with E-state index in [0.29, 0.717) is 18.5 Å². The molecule has 6 heteroatoms. The summed E-state index contributed by atoms with van der Waals surface area (Å²) in [7, 11) is 0. The smallest absolute Gasteiger partial charge is 0.326 e. The summed E-state index contributed by atoms with van der Waals surface area (Å²) in [6.45, 7) is 0. The zero-order valence-corrected chi connectivity index (χ0v) is 10.7. The lowest BCUT2D eigenvalue weighted by Crippen LogP contribution is -2.14. The molecular formula is C14H14F3NO2. The van der Waals surface area contributed by atoms with Crippen LogP contribution in [-0.4, -0.2) is 17.9 Å². The lowest BCUT2D eigenvalue weighted by atomic mass is 10.1. The average molecular weight is 285 g/mol. The van der Waals surface area contributed by atoms with Gasteiger partial charge in [-0.15, -0.1) is 0 Å². The monoisotopic (exact) mass is 285 g/mol. The minimum atomic E-state index is -4.23. The molecule has 2 rings (SSSR count). The first-order valence-electron chi connectivity index (χ1n) is 6.33. The van der Waals surface area contributed by atoms with Crippen LogP contribution in [0.1, 0.15) is 30.4 Å². The van der Waals surface area contributed by atoms with E-state index < -0.39 is 18.5 Å². The Kier molecular flexibility index (Phi) is 4.11. The van der Waals surface area contributed by atoms with Gasteiger partial charge in [-0.2, -0.15) is 13.2 Å². The molecule has 3 nitrogen and oxygen atoms in total. The van der Waals surface area contributed by atoms with E-state index in [1.807, 2.05) is 0 Å². The van der Waals surface area contributed by atoms with E-state index >= 15 is 0 Å². The van der Waals surface area contributed by atoms with Gasteiger partial charge in [-0.3, -0.25) is 9.59 Å². The number of alkyl halides is 3. The minimum Gasteiger partial charge on any atom is -0.326 e. The van der Waals surface area contributed by atoms with E-state index in [0.717, 1.165) is 11.1 Å². The second kappa shape index (κ2) is 5.64. The molecule has 0 saturated carbocycles. The Hall–Kier alpha value is -1.85. The minimum absolute atomic E-state index is 0.133. The number of anilines is 1. The largest absolute Gasteiger partial charge is 0.389 e. The van der Waals surface area contributed by atoms with Gasteiger partial charge in [0.25, 0.3) is 0 Å². The highest BCUT2D eigenvalue weighted by atomic mass is 19.4. The predicted molar refractivity (Wildman–Crippen MR) is 67.4 cm³/mol. The van der Waals surface area contributed by atoms with E-state index in [-0.39, 0.29) is 18.6 Å². The van der Waals surface area contributed by atoms with Gasteiger partial charge in [-0.25, -0.2) is 0 Å². The molecule has 1 aromatic carbocycles. The number of rotatable bonds is 4. The fourth-order valence-corrected chi connectivity index (χ4v) is 2.20. The summed E-state index contributed by atoms with van der Waals surface area (Å²) in [6.07, 6.45) is -4.82. The van der Waals surface area contributed by atoms with E-state index in [1.54, 1.807) is 18.2 Å². The van der Waals surface area contributed by atoms with Gasteiger partial charge in [0.15, 0.2) is 0 Å². The lowest BCUT2D eigenvalue weighted by molar-refractivity contribution is -0.136. The van der Waals surface area contributed by atoms with Crippen LogP contribution in [0.3, 0.4) is 0 Å². The number of halogens is 3. The molecule has 1 N–H and O–H groups in total. The molecular weight excluding hydrogens is 271 g/mol. The second-order valence-electron chi connectivity index (χ2n) is 4.89. The molecule has 1 aliphatic rings. The van der Waals surface area contributed by atoms with Gasteiger partial charge in [0.1, 0.15) is 5.78 Å². The highest BCUT2D eigenvalue weighted by molar-refractivity contribution is 5.92. The van der Waals surface area contributed by atoms with Crippen molar-refractivity contribution in [3.63, 3.8) is 0 Å². The van der Waals surface area contributed by atoms with Gasteiger partial charge in [0, 0.05) is 31.4 Å². The molecule has 1 amide bonds. The molecule has 20 heavy (non-hydrogen) atoms. The number of carbonyl (C=O) groups excluding carboxylic acids is 2. The van der Waals surface area contributed by atoms with Crippen molar-refractivity contribution in [2.24, 2.45) is 0 Å². The first-order chi connectivity index (χ1) is 9.33. The van der Waals surface area contributed by atoms with Crippen molar-refractivity contribution in [1.29, 1.82) is 0 Å². The van der Waals surface area contributed by atoms with Crippen LogP contribution in [0.25, 0.3) is 0 Å². The van der Waals surface area contributed by atoms with Crippen molar-refractivity contribution < 1.29 is 22.8 Å².